The highest BCUT2D eigenvalue weighted by atomic mass is 35.5. The lowest BCUT2D eigenvalue weighted by Gasteiger charge is -2.21. The SMILES string of the molecule is CCN(CC(=O)NCc1cccc(Cl)c1)CC(=O)Nc1ccc2c(c1)OCCO2. The van der Waals surface area contributed by atoms with Crippen LogP contribution in [0, 0.1) is 0 Å². The number of carbonyl (C=O) groups excluding carboxylic acids is 2. The molecule has 154 valence electrons. The molecule has 0 fully saturated rings. The number of halogens is 1. The first-order valence-electron chi connectivity index (χ1n) is 9.46. The number of ether oxygens (including phenoxy) is 2. The highest BCUT2D eigenvalue weighted by Gasteiger charge is 2.15. The van der Waals surface area contributed by atoms with Crippen molar-refractivity contribution in [3.05, 3.63) is 53.1 Å². The van der Waals surface area contributed by atoms with Crippen molar-refractivity contribution in [3.63, 3.8) is 0 Å². The molecule has 0 spiro atoms. The number of nitrogens with zero attached hydrogens (tertiary/aromatic N) is 1. The Hall–Kier alpha value is -2.77. The van der Waals surface area contributed by atoms with Gasteiger partial charge in [-0.1, -0.05) is 30.7 Å². The molecule has 2 amide bonds. The zero-order valence-corrected chi connectivity index (χ0v) is 17.0. The molecule has 0 atom stereocenters. The highest BCUT2D eigenvalue weighted by Crippen LogP contribution is 2.32. The highest BCUT2D eigenvalue weighted by molar-refractivity contribution is 6.30. The lowest BCUT2D eigenvalue weighted by molar-refractivity contribution is -0.123. The number of nitrogens with one attached hydrogen (secondary N) is 2. The zero-order chi connectivity index (χ0) is 20.6. The molecule has 2 N–H and O–H groups in total. The van der Waals surface area contributed by atoms with Crippen molar-refractivity contribution in [2.45, 2.75) is 13.5 Å². The zero-order valence-electron chi connectivity index (χ0n) is 16.2. The number of rotatable bonds is 8. The first kappa shape index (κ1) is 21.0. The fraction of sp³-hybridized carbons (Fsp3) is 0.333. The molecular formula is C21H24ClN3O4. The molecule has 0 unspecified atom stereocenters. The van der Waals surface area contributed by atoms with Crippen molar-refractivity contribution in [1.82, 2.24) is 10.2 Å². The molecule has 0 bridgehead atoms. The Labute approximate surface area is 174 Å². The predicted molar refractivity (Wildman–Crippen MR) is 111 cm³/mol. The van der Waals surface area contributed by atoms with Crippen LogP contribution in [0.5, 0.6) is 11.5 Å². The summed E-state index contributed by atoms with van der Waals surface area (Å²) >= 11 is 5.95. The number of anilines is 1. The van der Waals surface area contributed by atoms with E-state index in [0.29, 0.717) is 48.5 Å². The van der Waals surface area contributed by atoms with E-state index < -0.39 is 0 Å². The molecule has 2 aromatic rings. The lowest BCUT2D eigenvalue weighted by atomic mass is 10.2. The number of likely N-dealkylation sites (N-methyl/N-ethyl adjacent to an activating group) is 1. The van der Waals surface area contributed by atoms with Gasteiger partial charge in [0.15, 0.2) is 11.5 Å². The fourth-order valence-electron chi connectivity index (χ4n) is 2.91. The summed E-state index contributed by atoms with van der Waals surface area (Å²) in [6.07, 6.45) is 0. The average Bonchev–Trinajstić information content (AvgIpc) is 2.71. The van der Waals surface area contributed by atoms with Gasteiger partial charge in [0.05, 0.1) is 13.1 Å². The molecule has 1 aliphatic heterocycles. The minimum Gasteiger partial charge on any atom is -0.486 e. The maximum Gasteiger partial charge on any atom is 0.238 e. The van der Waals surface area contributed by atoms with Crippen LogP contribution in [0.1, 0.15) is 12.5 Å². The number of hydrogen-bond acceptors (Lipinski definition) is 5. The summed E-state index contributed by atoms with van der Waals surface area (Å²) < 4.78 is 11.0. The van der Waals surface area contributed by atoms with E-state index in [4.69, 9.17) is 21.1 Å². The van der Waals surface area contributed by atoms with E-state index in [1.807, 2.05) is 19.1 Å². The summed E-state index contributed by atoms with van der Waals surface area (Å²) in [4.78, 5) is 26.4. The Bertz CT molecular complexity index is 875. The summed E-state index contributed by atoms with van der Waals surface area (Å²) in [5.74, 6) is 0.924. The second kappa shape index (κ2) is 10.1. The van der Waals surface area contributed by atoms with E-state index in [-0.39, 0.29) is 24.9 Å². The largest absolute Gasteiger partial charge is 0.486 e. The number of amides is 2. The van der Waals surface area contributed by atoms with Crippen molar-refractivity contribution >= 4 is 29.1 Å². The van der Waals surface area contributed by atoms with Crippen LogP contribution in [0.2, 0.25) is 5.02 Å². The molecule has 1 aliphatic rings. The van der Waals surface area contributed by atoms with Gasteiger partial charge < -0.3 is 20.1 Å². The quantitative estimate of drug-likeness (QED) is 0.690. The summed E-state index contributed by atoms with van der Waals surface area (Å²) in [6, 6.07) is 12.6. The molecular weight excluding hydrogens is 394 g/mol. The van der Waals surface area contributed by atoms with E-state index >= 15 is 0 Å². The number of hydrogen-bond donors (Lipinski definition) is 2. The third-order valence-electron chi connectivity index (χ3n) is 4.39. The molecule has 1 heterocycles. The number of benzene rings is 2. The van der Waals surface area contributed by atoms with Gasteiger partial charge in [-0.05, 0) is 36.4 Å². The smallest absolute Gasteiger partial charge is 0.238 e. The van der Waals surface area contributed by atoms with E-state index in [9.17, 15) is 9.59 Å². The van der Waals surface area contributed by atoms with Gasteiger partial charge in [0.1, 0.15) is 13.2 Å². The van der Waals surface area contributed by atoms with Gasteiger partial charge in [0.25, 0.3) is 0 Å². The van der Waals surface area contributed by atoms with Crippen LogP contribution in [0.4, 0.5) is 5.69 Å². The minimum absolute atomic E-state index is 0.107. The molecule has 3 rings (SSSR count). The fourth-order valence-corrected chi connectivity index (χ4v) is 3.12. The standard InChI is InChI=1S/C21H24ClN3O4/c1-2-25(13-20(26)23-12-15-4-3-5-16(22)10-15)14-21(27)24-17-6-7-18-19(11-17)29-9-8-28-18/h3-7,10-11H,2,8-9,12-14H2,1H3,(H,23,26)(H,24,27). The molecule has 0 aliphatic carbocycles. The van der Waals surface area contributed by atoms with Gasteiger partial charge in [-0.15, -0.1) is 0 Å². The van der Waals surface area contributed by atoms with E-state index in [1.165, 1.54) is 0 Å². The molecule has 7 nitrogen and oxygen atoms in total. The molecule has 0 radical (unpaired) electrons. The lowest BCUT2D eigenvalue weighted by Crippen LogP contribution is -2.40. The van der Waals surface area contributed by atoms with Crippen LogP contribution in [0.3, 0.4) is 0 Å². The molecule has 2 aromatic carbocycles. The Morgan fingerprint density at radius 3 is 2.55 bits per heavy atom. The molecule has 0 saturated carbocycles. The molecule has 0 saturated heterocycles. The molecule has 8 heteroatoms. The maximum absolute atomic E-state index is 12.4. The maximum atomic E-state index is 12.4. The third kappa shape index (κ3) is 6.37. The second-order valence-corrected chi connectivity index (χ2v) is 7.05. The first-order chi connectivity index (χ1) is 14.0. The molecule has 29 heavy (non-hydrogen) atoms. The van der Waals surface area contributed by atoms with Crippen LogP contribution in [-0.2, 0) is 16.1 Å². The van der Waals surface area contributed by atoms with Crippen LogP contribution in [0.25, 0.3) is 0 Å². The number of carbonyl (C=O) groups is 2. The Balaban J connectivity index is 1.47. The summed E-state index contributed by atoms with van der Waals surface area (Å²) in [7, 11) is 0. The van der Waals surface area contributed by atoms with E-state index in [0.717, 1.165) is 5.56 Å². The predicted octanol–water partition coefficient (Wildman–Crippen LogP) is 2.69. The van der Waals surface area contributed by atoms with Gasteiger partial charge in [0.2, 0.25) is 11.8 Å². The van der Waals surface area contributed by atoms with Crippen LogP contribution in [0.15, 0.2) is 42.5 Å². The van der Waals surface area contributed by atoms with Crippen molar-refractivity contribution < 1.29 is 19.1 Å². The van der Waals surface area contributed by atoms with Gasteiger partial charge in [-0.3, -0.25) is 14.5 Å². The van der Waals surface area contributed by atoms with Crippen molar-refractivity contribution in [3.8, 4) is 11.5 Å². The van der Waals surface area contributed by atoms with Crippen molar-refractivity contribution in [1.29, 1.82) is 0 Å². The summed E-state index contributed by atoms with van der Waals surface area (Å²) in [5.41, 5.74) is 1.55. The molecule has 0 aromatic heterocycles. The third-order valence-corrected chi connectivity index (χ3v) is 4.62. The van der Waals surface area contributed by atoms with Gasteiger partial charge in [-0.25, -0.2) is 0 Å². The minimum atomic E-state index is -0.203. The van der Waals surface area contributed by atoms with E-state index in [1.54, 1.807) is 35.2 Å². The summed E-state index contributed by atoms with van der Waals surface area (Å²) in [5, 5.41) is 6.31. The van der Waals surface area contributed by atoms with Crippen molar-refractivity contribution in [2.75, 3.05) is 38.2 Å². The second-order valence-electron chi connectivity index (χ2n) is 6.62. The van der Waals surface area contributed by atoms with Gasteiger partial charge in [0, 0.05) is 23.3 Å². The normalized spacial score (nSPS) is 12.5. The Morgan fingerprint density at radius 1 is 1.03 bits per heavy atom. The van der Waals surface area contributed by atoms with E-state index in [2.05, 4.69) is 10.6 Å². The van der Waals surface area contributed by atoms with Crippen molar-refractivity contribution in [2.24, 2.45) is 0 Å². The Morgan fingerprint density at radius 2 is 1.79 bits per heavy atom. The Kier molecular flexibility index (Phi) is 7.32. The van der Waals surface area contributed by atoms with Crippen LogP contribution < -0.4 is 20.1 Å². The average molecular weight is 418 g/mol. The van der Waals surface area contributed by atoms with Crippen LogP contribution >= 0.6 is 11.6 Å². The number of fused-ring (bicyclic) bond motifs is 1. The van der Waals surface area contributed by atoms with Gasteiger partial charge >= 0.3 is 0 Å². The first-order valence-corrected chi connectivity index (χ1v) is 9.84. The van der Waals surface area contributed by atoms with Crippen LogP contribution in [-0.4, -0.2) is 49.6 Å². The van der Waals surface area contributed by atoms with Gasteiger partial charge in [-0.2, -0.15) is 0 Å². The topological polar surface area (TPSA) is 79.9 Å². The monoisotopic (exact) mass is 417 g/mol. The summed E-state index contributed by atoms with van der Waals surface area (Å²) in [6.45, 7) is 4.10.